The fourth-order valence-corrected chi connectivity index (χ4v) is 3.09. The van der Waals surface area contributed by atoms with Crippen LogP contribution in [0.1, 0.15) is 33.1 Å². The molecule has 0 amide bonds. The second-order valence-corrected chi connectivity index (χ2v) is 5.82. The minimum absolute atomic E-state index is 0.0690. The zero-order chi connectivity index (χ0) is 15.4. The van der Waals surface area contributed by atoms with Crippen LogP contribution in [0.25, 0.3) is 0 Å². The van der Waals surface area contributed by atoms with Crippen molar-refractivity contribution in [1.82, 2.24) is 0 Å². The van der Waals surface area contributed by atoms with Gasteiger partial charge in [-0.3, -0.25) is 0 Å². The molecule has 2 saturated heterocycles. The van der Waals surface area contributed by atoms with Gasteiger partial charge >= 0.3 is 0 Å². The van der Waals surface area contributed by atoms with Crippen LogP contribution in [0, 0.1) is 0 Å². The van der Waals surface area contributed by atoms with E-state index in [0.29, 0.717) is 6.42 Å². The summed E-state index contributed by atoms with van der Waals surface area (Å²) in [6.45, 7) is 4.01. The van der Waals surface area contributed by atoms with E-state index in [1.54, 1.807) is 21.3 Å². The number of rotatable bonds is 5. The molecule has 2 fully saturated rings. The van der Waals surface area contributed by atoms with Gasteiger partial charge in [-0.25, -0.2) is 0 Å². The molecule has 6 heteroatoms. The van der Waals surface area contributed by atoms with Crippen LogP contribution in [-0.4, -0.2) is 64.4 Å². The Morgan fingerprint density at radius 2 is 1.57 bits per heavy atom. The van der Waals surface area contributed by atoms with Crippen molar-refractivity contribution in [2.24, 2.45) is 0 Å². The second-order valence-electron chi connectivity index (χ2n) is 5.82. The molecule has 0 N–H and O–H groups in total. The Kier molecular flexibility index (Phi) is 6.40. The van der Waals surface area contributed by atoms with Gasteiger partial charge in [0, 0.05) is 34.2 Å². The molecule has 21 heavy (non-hydrogen) atoms. The smallest absolute Gasteiger partial charge is 0.161 e. The molecule has 7 atom stereocenters. The highest BCUT2D eigenvalue weighted by Gasteiger charge is 2.40. The zero-order valence-corrected chi connectivity index (χ0v) is 13.6. The Morgan fingerprint density at radius 3 is 2.19 bits per heavy atom. The largest absolute Gasteiger partial charge is 0.381 e. The summed E-state index contributed by atoms with van der Waals surface area (Å²) >= 11 is 0. The molecule has 0 saturated carbocycles. The summed E-state index contributed by atoms with van der Waals surface area (Å²) in [6.07, 6.45) is 1.69. The Hall–Kier alpha value is -0.240. The molecule has 0 aliphatic carbocycles. The van der Waals surface area contributed by atoms with Crippen LogP contribution in [0.5, 0.6) is 0 Å². The van der Waals surface area contributed by atoms with Gasteiger partial charge in [-0.1, -0.05) is 0 Å². The van der Waals surface area contributed by atoms with Gasteiger partial charge < -0.3 is 28.4 Å². The number of ether oxygens (including phenoxy) is 6. The van der Waals surface area contributed by atoms with Gasteiger partial charge in [0.1, 0.15) is 6.10 Å². The lowest BCUT2D eigenvalue weighted by atomic mass is 10.0. The van der Waals surface area contributed by atoms with Gasteiger partial charge in [-0.05, 0) is 20.3 Å². The average molecular weight is 304 g/mol. The van der Waals surface area contributed by atoms with Crippen molar-refractivity contribution >= 4 is 0 Å². The molecule has 0 aromatic carbocycles. The lowest BCUT2D eigenvalue weighted by molar-refractivity contribution is -0.301. The highest BCUT2D eigenvalue weighted by Crippen LogP contribution is 2.29. The first-order valence-corrected chi connectivity index (χ1v) is 7.62. The van der Waals surface area contributed by atoms with E-state index in [1.807, 2.05) is 13.8 Å². The summed E-state index contributed by atoms with van der Waals surface area (Å²) in [5, 5.41) is 0. The number of methoxy groups -OCH3 is 3. The summed E-state index contributed by atoms with van der Waals surface area (Å²) in [6, 6.07) is 0. The molecule has 124 valence electrons. The van der Waals surface area contributed by atoms with Crippen LogP contribution >= 0.6 is 0 Å². The maximum absolute atomic E-state index is 6.14. The predicted molar refractivity (Wildman–Crippen MR) is 76.0 cm³/mol. The maximum atomic E-state index is 6.14. The summed E-state index contributed by atoms with van der Waals surface area (Å²) < 4.78 is 34.1. The number of hydrogen-bond donors (Lipinski definition) is 0. The van der Waals surface area contributed by atoms with E-state index in [-0.39, 0.29) is 43.1 Å². The predicted octanol–water partition coefficient (Wildman–Crippen LogP) is 1.71. The van der Waals surface area contributed by atoms with Gasteiger partial charge in [0.15, 0.2) is 12.6 Å². The van der Waals surface area contributed by atoms with Crippen molar-refractivity contribution < 1.29 is 28.4 Å². The van der Waals surface area contributed by atoms with Crippen molar-refractivity contribution in [3.63, 3.8) is 0 Å². The van der Waals surface area contributed by atoms with Gasteiger partial charge in [0.05, 0.1) is 24.4 Å². The summed E-state index contributed by atoms with van der Waals surface area (Å²) in [7, 11) is 5.06. The lowest BCUT2D eigenvalue weighted by Gasteiger charge is -2.42. The standard InChI is InChI=1S/C15H28O6/c1-9-6-11(16-3)7-14(19-9)21-15-10(2)20-13(18-5)8-12(15)17-4/h9-15H,6-8H2,1-5H3. The molecule has 2 heterocycles. The summed E-state index contributed by atoms with van der Waals surface area (Å²) in [5.74, 6) is 0. The SMILES string of the molecule is COC1CC(C)OC(OC2C(C)OC(OC)CC2OC)C1. The molecule has 6 nitrogen and oxygen atoms in total. The average Bonchev–Trinajstić information content (AvgIpc) is 2.48. The van der Waals surface area contributed by atoms with Gasteiger partial charge in [-0.15, -0.1) is 0 Å². The van der Waals surface area contributed by atoms with Gasteiger partial charge in [0.2, 0.25) is 0 Å². The van der Waals surface area contributed by atoms with Crippen molar-refractivity contribution in [2.45, 2.75) is 76.2 Å². The van der Waals surface area contributed by atoms with Crippen molar-refractivity contribution in [1.29, 1.82) is 0 Å². The van der Waals surface area contributed by atoms with E-state index in [2.05, 4.69) is 0 Å². The third kappa shape index (κ3) is 4.37. The van der Waals surface area contributed by atoms with Crippen LogP contribution in [0.15, 0.2) is 0 Å². The van der Waals surface area contributed by atoms with Crippen molar-refractivity contribution in [2.75, 3.05) is 21.3 Å². The molecular weight excluding hydrogens is 276 g/mol. The Morgan fingerprint density at radius 1 is 0.810 bits per heavy atom. The lowest BCUT2D eigenvalue weighted by Crippen LogP contribution is -2.52. The van der Waals surface area contributed by atoms with E-state index in [0.717, 1.165) is 12.8 Å². The van der Waals surface area contributed by atoms with Crippen LogP contribution in [0.3, 0.4) is 0 Å². The first-order chi connectivity index (χ1) is 10.1. The highest BCUT2D eigenvalue weighted by atomic mass is 16.7. The van der Waals surface area contributed by atoms with Gasteiger partial charge in [0.25, 0.3) is 0 Å². The molecule has 0 radical (unpaired) electrons. The van der Waals surface area contributed by atoms with E-state index in [1.165, 1.54) is 0 Å². The van der Waals surface area contributed by atoms with E-state index in [9.17, 15) is 0 Å². The first kappa shape index (κ1) is 17.1. The van der Waals surface area contributed by atoms with Crippen molar-refractivity contribution in [3.05, 3.63) is 0 Å². The molecule has 2 rings (SSSR count). The Bertz CT molecular complexity index is 313. The summed E-state index contributed by atoms with van der Waals surface area (Å²) in [5.41, 5.74) is 0. The van der Waals surface area contributed by atoms with Crippen LogP contribution in [-0.2, 0) is 28.4 Å². The topological polar surface area (TPSA) is 55.4 Å². The van der Waals surface area contributed by atoms with E-state index >= 15 is 0 Å². The zero-order valence-electron chi connectivity index (χ0n) is 13.6. The second kappa shape index (κ2) is 7.85. The molecular formula is C15H28O6. The Labute approximate surface area is 127 Å². The van der Waals surface area contributed by atoms with Gasteiger partial charge in [-0.2, -0.15) is 0 Å². The maximum Gasteiger partial charge on any atom is 0.161 e. The van der Waals surface area contributed by atoms with Crippen LogP contribution < -0.4 is 0 Å². The molecule has 2 aliphatic rings. The third-order valence-electron chi connectivity index (χ3n) is 4.26. The molecule has 2 aliphatic heterocycles. The fraction of sp³-hybridized carbons (Fsp3) is 1.00. The van der Waals surface area contributed by atoms with E-state index in [4.69, 9.17) is 28.4 Å². The normalized spacial score (nSPS) is 44.7. The van der Waals surface area contributed by atoms with Crippen LogP contribution in [0.4, 0.5) is 0 Å². The molecule has 0 bridgehead atoms. The highest BCUT2D eigenvalue weighted by molar-refractivity contribution is 4.84. The molecule has 0 spiro atoms. The van der Waals surface area contributed by atoms with Crippen LogP contribution in [0.2, 0.25) is 0 Å². The Balaban J connectivity index is 1.96. The third-order valence-corrected chi connectivity index (χ3v) is 4.26. The first-order valence-electron chi connectivity index (χ1n) is 7.62. The van der Waals surface area contributed by atoms with E-state index < -0.39 is 0 Å². The minimum Gasteiger partial charge on any atom is -0.381 e. The fourth-order valence-electron chi connectivity index (χ4n) is 3.09. The molecule has 7 unspecified atom stereocenters. The van der Waals surface area contributed by atoms with Crippen molar-refractivity contribution in [3.8, 4) is 0 Å². The quantitative estimate of drug-likeness (QED) is 0.771. The molecule has 0 aromatic heterocycles. The molecule has 0 aromatic rings. The number of hydrogen-bond acceptors (Lipinski definition) is 6. The monoisotopic (exact) mass is 304 g/mol. The minimum atomic E-state index is -0.286. The summed E-state index contributed by atoms with van der Waals surface area (Å²) in [4.78, 5) is 0.